The number of nitrogens with zero attached hydrogens (tertiary/aromatic N) is 3. The molecule has 0 radical (unpaired) electrons. The van der Waals surface area contributed by atoms with E-state index in [1.54, 1.807) is 24.4 Å². The molecule has 0 saturated carbocycles. The van der Waals surface area contributed by atoms with Gasteiger partial charge in [0.05, 0.1) is 17.1 Å². The average Bonchev–Trinajstić information content (AvgIpc) is 3.32. The van der Waals surface area contributed by atoms with Crippen molar-refractivity contribution in [2.45, 2.75) is 25.9 Å². The molecular formula is C27H21F4N5O3. The Morgan fingerprint density at radius 2 is 1.90 bits per heavy atom. The van der Waals surface area contributed by atoms with Crippen molar-refractivity contribution in [2.75, 3.05) is 18.5 Å². The van der Waals surface area contributed by atoms with Crippen molar-refractivity contribution in [3.8, 4) is 34.4 Å². The number of nitrogens with one attached hydrogen (secondary N) is 2. The van der Waals surface area contributed by atoms with Crippen LogP contribution in [-0.2, 0) is 4.74 Å². The number of benzene rings is 2. The number of anilines is 1. The van der Waals surface area contributed by atoms with Gasteiger partial charge in [-0.05, 0) is 37.6 Å². The van der Waals surface area contributed by atoms with E-state index in [0.29, 0.717) is 33.5 Å². The van der Waals surface area contributed by atoms with E-state index in [2.05, 4.69) is 26.3 Å². The number of amidine groups is 1. The second-order valence-electron chi connectivity index (χ2n) is 8.99. The molecule has 2 N–H and O–H groups in total. The van der Waals surface area contributed by atoms with Gasteiger partial charge in [-0.1, -0.05) is 6.07 Å². The van der Waals surface area contributed by atoms with Crippen molar-refractivity contribution in [1.82, 2.24) is 9.97 Å². The number of alkyl halides is 2. The predicted octanol–water partition coefficient (Wildman–Crippen LogP) is 6.39. The number of ether oxygens (including phenoxy) is 3. The molecule has 0 aliphatic carbocycles. The molecule has 5 rings (SSSR count). The fourth-order valence-corrected chi connectivity index (χ4v) is 3.97. The van der Waals surface area contributed by atoms with Crippen molar-refractivity contribution in [2.24, 2.45) is 4.99 Å². The van der Waals surface area contributed by atoms with Crippen molar-refractivity contribution in [3.05, 3.63) is 66.0 Å². The lowest BCUT2D eigenvalue weighted by atomic mass is 10.0. The minimum absolute atomic E-state index is 0.101. The van der Waals surface area contributed by atoms with Gasteiger partial charge in [0, 0.05) is 35.8 Å². The lowest BCUT2D eigenvalue weighted by molar-refractivity contribution is -0.0456. The molecule has 3 heterocycles. The molecule has 0 unspecified atom stereocenters. The molecule has 2 aromatic heterocycles. The Balaban J connectivity index is 1.46. The van der Waals surface area contributed by atoms with E-state index in [1.165, 1.54) is 12.3 Å². The summed E-state index contributed by atoms with van der Waals surface area (Å²) in [4.78, 5) is 10.8. The van der Waals surface area contributed by atoms with Gasteiger partial charge in [0.15, 0.2) is 24.0 Å². The Kier molecular flexibility index (Phi) is 6.74. The SMILES string of the molecule is CC(C)Oc1ccc(-c2c[nH]c3nccc(Oc4c(F)cc(NC5=NCC(F)(F)CO5)cc4F)c23)cc1C#N. The Bertz CT molecular complexity index is 1600. The molecule has 2 aromatic carbocycles. The first kappa shape index (κ1) is 25.8. The highest BCUT2D eigenvalue weighted by Gasteiger charge is 2.34. The van der Waals surface area contributed by atoms with Crippen LogP contribution < -0.4 is 14.8 Å². The number of H-pyrrole nitrogens is 1. The summed E-state index contributed by atoms with van der Waals surface area (Å²) in [6.07, 6.45) is 2.94. The second kappa shape index (κ2) is 10.2. The molecule has 0 spiro atoms. The van der Waals surface area contributed by atoms with Crippen LogP contribution in [0, 0.1) is 23.0 Å². The standard InChI is InChI=1S/C27H21F4N5O3/c1-14(2)38-21-4-3-15(7-16(21)10-32)18-11-34-25-23(18)22(5-6-33-25)39-24-19(28)8-17(9-20(24)29)36-26-35-12-27(30,31)13-37-26/h3-9,11,14H,12-13H2,1-2H3,(H,33,34)(H,35,36). The molecular weight excluding hydrogens is 518 g/mol. The monoisotopic (exact) mass is 539 g/mol. The Hall–Kier alpha value is -4.79. The fourth-order valence-electron chi connectivity index (χ4n) is 3.97. The maximum absolute atomic E-state index is 15.0. The summed E-state index contributed by atoms with van der Waals surface area (Å²) >= 11 is 0. The number of halogens is 4. The topological polar surface area (TPSA) is 105 Å². The van der Waals surface area contributed by atoms with Gasteiger partial charge in [0.25, 0.3) is 6.02 Å². The van der Waals surface area contributed by atoms with Crippen LogP contribution in [-0.4, -0.2) is 41.2 Å². The van der Waals surface area contributed by atoms with E-state index < -0.39 is 36.5 Å². The fraction of sp³-hybridized carbons (Fsp3) is 0.222. The molecule has 0 amide bonds. The Morgan fingerprint density at radius 1 is 1.13 bits per heavy atom. The summed E-state index contributed by atoms with van der Waals surface area (Å²) in [7, 11) is 0. The highest BCUT2D eigenvalue weighted by molar-refractivity contribution is 5.98. The maximum Gasteiger partial charge on any atom is 0.300 e. The highest BCUT2D eigenvalue weighted by atomic mass is 19.3. The third kappa shape index (κ3) is 5.43. The van der Waals surface area contributed by atoms with E-state index in [0.717, 1.165) is 12.1 Å². The van der Waals surface area contributed by atoms with Gasteiger partial charge in [-0.3, -0.25) is 0 Å². The van der Waals surface area contributed by atoms with Crippen LogP contribution in [0.4, 0.5) is 23.2 Å². The minimum atomic E-state index is -3.10. The normalized spacial score (nSPS) is 14.5. The summed E-state index contributed by atoms with van der Waals surface area (Å²) in [6.45, 7) is 2.00. The quantitative estimate of drug-likeness (QED) is 0.275. The second-order valence-corrected chi connectivity index (χ2v) is 8.99. The van der Waals surface area contributed by atoms with Gasteiger partial charge >= 0.3 is 5.92 Å². The van der Waals surface area contributed by atoms with Gasteiger partial charge in [-0.2, -0.15) is 5.26 Å². The smallest absolute Gasteiger partial charge is 0.300 e. The third-order valence-electron chi connectivity index (χ3n) is 5.64. The van der Waals surface area contributed by atoms with Crippen LogP contribution in [0.2, 0.25) is 0 Å². The number of hydrogen-bond donors (Lipinski definition) is 2. The molecule has 200 valence electrons. The third-order valence-corrected chi connectivity index (χ3v) is 5.64. The van der Waals surface area contributed by atoms with Crippen molar-refractivity contribution < 1.29 is 31.8 Å². The summed E-state index contributed by atoms with van der Waals surface area (Å²) in [5, 5.41) is 12.5. The molecule has 0 atom stereocenters. The minimum Gasteiger partial charge on any atom is -0.490 e. The first-order valence-corrected chi connectivity index (χ1v) is 11.8. The Morgan fingerprint density at radius 3 is 2.56 bits per heavy atom. The van der Waals surface area contributed by atoms with E-state index in [9.17, 15) is 22.8 Å². The molecule has 0 fully saturated rings. The summed E-state index contributed by atoms with van der Waals surface area (Å²) < 4.78 is 72.6. The molecule has 39 heavy (non-hydrogen) atoms. The molecule has 1 aliphatic heterocycles. The lowest BCUT2D eigenvalue weighted by Crippen LogP contribution is -2.36. The largest absolute Gasteiger partial charge is 0.490 e. The number of nitriles is 1. The van der Waals surface area contributed by atoms with Crippen molar-refractivity contribution in [1.29, 1.82) is 5.26 Å². The maximum atomic E-state index is 15.0. The van der Waals surface area contributed by atoms with E-state index in [-0.39, 0.29) is 23.6 Å². The number of pyridine rings is 1. The van der Waals surface area contributed by atoms with Crippen LogP contribution in [0.25, 0.3) is 22.2 Å². The van der Waals surface area contributed by atoms with E-state index >= 15 is 0 Å². The number of rotatable bonds is 6. The molecule has 12 heteroatoms. The lowest BCUT2D eigenvalue weighted by Gasteiger charge is -2.22. The van der Waals surface area contributed by atoms with Crippen LogP contribution in [0.5, 0.6) is 17.2 Å². The zero-order valence-corrected chi connectivity index (χ0v) is 20.7. The number of aliphatic imine (C=N–C) groups is 1. The molecule has 0 bridgehead atoms. The van der Waals surface area contributed by atoms with Gasteiger partial charge in [-0.25, -0.2) is 27.5 Å². The van der Waals surface area contributed by atoms with Crippen molar-refractivity contribution in [3.63, 3.8) is 0 Å². The summed E-state index contributed by atoms with van der Waals surface area (Å²) in [6, 6.07) is 10.2. The zero-order chi connectivity index (χ0) is 27.7. The molecule has 4 aromatic rings. The predicted molar refractivity (Wildman–Crippen MR) is 135 cm³/mol. The number of fused-ring (bicyclic) bond motifs is 1. The van der Waals surface area contributed by atoms with Crippen LogP contribution in [0.15, 0.2) is 53.8 Å². The van der Waals surface area contributed by atoms with Crippen molar-refractivity contribution >= 4 is 22.7 Å². The average molecular weight is 539 g/mol. The zero-order valence-electron chi connectivity index (χ0n) is 20.7. The van der Waals surface area contributed by atoms with Gasteiger partial charge in [-0.15, -0.1) is 0 Å². The van der Waals surface area contributed by atoms with Gasteiger partial charge < -0.3 is 24.5 Å². The number of hydrogen-bond acceptors (Lipinski definition) is 7. The first-order valence-electron chi connectivity index (χ1n) is 11.8. The van der Waals surface area contributed by atoms with Crippen LogP contribution in [0.3, 0.4) is 0 Å². The molecule has 1 aliphatic rings. The number of aromatic nitrogens is 2. The van der Waals surface area contributed by atoms with Gasteiger partial charge in [0.1, 0.15) is 29.8 Å². The summed E-state index contributed by atoms with van der Waals surface area (Å²) in [5.41, 5.74) is 1.83. The molecule has 0 saturated heterocycles. The van der Waals surface area contributed by atoms with Gasteiger partial charge in [0.2, 0.25) is 0 Å². The highest BCUT2D eigenvalue weighted by Crippen LogP contribution is 2.39. The first-order chi connectivity index (χ1) is 18.6. The molecule has 8 nitrogen and oxygen atoms in total. The summed E-state index contributed by atoms with van der Waals surface area (Å²) in [5.74, 6) is -5.35. The Labute approximate surface area is 219 Å². The van der Waals surface area contributed by atoms with E-state index in [1.807, 2.05) is 13.8 Å². The van der Waals surface area contributed by atoms with E-state index in [4.69, 9.17) is 14.2 Å². The van der Waals surface area contributed by atoms with Crippen LogP contribution in [0.1, 0.15) is 19.4 Å². The number of aromatic amines is 1. The van der Waals surface area contributed by atoms with Crippen LogP contribution >= 0.6 is 0 Å².